The molecule has 80 valence electrons. The maximum absolute atomic E-state index is 10.7. The normalized spacial score (nSPS) is 42.9. The number of carbonyl (C=O) groups excluding carboxylic acids is 1. The predicted octanol–water partition coefficient (Wildman–Crippen LogP) is -2.47. The van der Waals surface area contributed by atoms with Crippen LogP contribution >= 0.6 is 0 Å². The van der Waals surface area contributed by atoms with E-state index in [1.54, 1.807) is 0 Å². The first-order valence-corrected chi connectivity index (χ1v) is 4.23. The summed E-state index contributed by atoms with van der Waals surface area (Å²) in [5.74, 6) is 0. The summed E-state index contributed by atoms with van der Waals surface area (Å²) in [6.07, 6.45) is -5.46. The quantitative estimate of drug-likeness (QED) is 0.398. The lowest BCUT2D eigenvalue weighted by atomic mass is 10.1. The molecule has 2 heterocycles. The highest BCUT2D eigenvalue weighted by Crippen LogP contribution is 2.28. The molecule has 7 nitrogen and oxygen atoms in total. The highest BCUT2D eigenvalue weighted by atomic mass is 16.6. The Balaban J connectivity index is 2.05. The van der Waals surface area contributed by atoms with Crippen LogP contribution in [0.15, 0.2) is 0 Å². The average Bonchev–Trinajstić information content (AvgIpc) is 2.64. The Kier molecular flexibility index (Phi) is 2.31. The van der Waals surface area contributed by atoms with Crippen LogP contribution in [0.1, 0.15) is 0 Å². The van der Waals surface area contributed by atoms with E-state index >= 15 is 0 Å². The summed E-state index contributed by atoms with van der Waals surface area (Å²) in [6, 6.07) is 0. The number of amides is 1. The molecule has 2 fully saturated rings. The van der Waals surface area contributed by atoms with Gasteiger partial charge in [0, 0.05) is 0 Å². The second kappa shape index (κ2) is 3.35. The summed E-state index contributed by atoms with van der Waals surface area (Å²) in [5, 5.41) is 29.8. The van der Waals surface area contributed by atoms with Crippen molar-refractivity contribution < 1.29 is 29.6 Å². The van der Waals surface area contributed by atoms with Crippen LogP contribution in [-0.4, -0.2) is 58.7 Å². The van der Waals surface area contributed by atoms with Gasteiger partial charge in [-0.05, 0) is 0 Å². The molecule has 0 bridgehead atoms. The summed E-state index contributed by atoms with van der Waals surface area (Å²) in [6.45, 7) is -0.519. The van der Waals surface area contributed by atoms with E-state index in [9.17, 15) is 15.0 Å². The van der Waals surface area contributed by atoms with Crippen molar-refractivity contribution >= 4 is 6.09 Å². The molecule has 5 atom stereocenters. The molecule has 2 aliphatic heterocycles. The van der Waals surface area contributed by atoms with Gasteiger partial charge in [-0.25, -0.2) is 4.79 Å². The molecular weight excluding hydrogens is 194 g/mol. The van der Waals surface area contributed by atoms with Crippen molar-refractivity contribution in [1.29, 1.82) is 0 Å². The van der Waals surface area contributed by atoms with Gasteiger partial charge in [0.25, 0.3) is 0 Å². The minimum Gasteiger partial charge on any atom is -0.438 e. The van der Waals surface area contributed by atoms with Crippen LogP contribution in [0.2, 0.25) is 0 Å². The van der Waals surface area contributed by atoms with Crippen molar-refractivity contribution in [3.8, 4) is 0 Å². The second-order valence-electron chi connectivity index (χ2n) is 3.28. The number of rotatable bonds is 2. The minimum atomic E-state index is -1.18. The molecule has 2 aliphatic rings. The fourth-order valence-electron chi connectivity index (χ4n) is 1.64. The summed E-state index contributed by atoms with van der Waals surface area (Å²) in [4.78, 5) is 10.7. The first-order valence-electron chi connectivity index (χ1n) is 4.23. The van der Waals surface area contributed by atoms with Crippen LogP contribution in [0, 0.1) is 0 Å². The number of hydrogen-bond acceptors (Lipinski definition) is 6. The zero-order chi connectivity index (χ0) is 10.3. The Hall–Kier alpha value is -0.890. The highest BCUT2D eigenvalue weighted by molar-refractivity contribution is 5.70. The van der Waals surface area contributed by atoms with E-state index < -0.39 is 43.3 Å². The molecule has 1 amide bonds. The second-order valence-corrected chi connectivity index (χ2v) is 3.28. The SMILES string of the molecule is O=C1N[C@H]2O[C@H]([C@H](O)CO)[C@@H](O)[C@H]2O1. The van der Waals surface area contributed by atoms with Crippen LogP contribution < -0.4 is 5.32 Å². The number of alkyl carbamates (subject to hydrolysis) is 1. The third-order valence-corrected chi connectivity index (χ3v) is 2.34. The Morgan fingerprint density at radius 2 is 2.29 bits per heavy atom. The highest BCUT2D eigenvalue weighted by Gasteiger charge is 2.52. The largest absolute Gasteiger partial charge is 0.438 e. The van der Waals surface area contributed by atoms with E-state index in [0.29, 0.717) is 0 Å². The first-order chi connectivity index (χ1) is 6.63. The first kappa shape index (κ1) is 9.66. The topological polar surface area (TPSA) is 108 Å². The molecule has 4 N–H and O–H groups in total. The van der Waals surface area contributed by atoms with Crippen molar-refractivity contribution in [3.63, 3.8) is 0 Å². The van der Waals surface area contributed by atoms with E-state index in [1.165, 1.54) is 0 Å². The van der Waals surface area contributed by atoms with E-state index in [0.717, 1.165) is 0 Å². The smallest absolute Gasteiger partial charge is 0.409 e. The van der Waals surface area contributed by atoms with Crippen LogP contribution in [0.3, 0.4) is 0 Å². The van der Waals surface area contributed by atoms with Gasteiger partial charge >= 0.3 is 6.09 Å². The third-order valence-electron chi connectivity index (χ3n) is 2.34. The summed E-state index contributed by atoms with van der Waals surface area (Å²) in [5.41, 5.74) is 0. The van der Waals surface area contributed by atoms with Gasteiger partial charge in [-0.3, -0.25) is 5.32 Å². The van der Waals surface area contributed by atoms with Crippen molar-refractivity contribution in [2.45, 2.75) is 30.6 Å². The fraction of sp³-hybridized carbons (Fsp3) is 0.857. The predicted molar refractivity (Wildman–Crippen MR) is 41.2 cm³/mol. The van der Waals surface area contributed by atoms with Gasteiger partial charge in [0.1, 0.15) is 18.3 Å². The zero-order valence-corrected chi connectivity index (χ0v) is 7.16. The van der Waals surface area contributed by atoms with Gasteiger partial charge in [0.15, 0.2) is 12.3 Å². The van der Waals surface area contributed by atoms with E-state index in [1.807, 2.05) is 0 Å². The summed E-state index contributed by atoms with van der Waals surface area (Å²) in [7, 11) is 0. The Morgan fingerprint density at radius 1 is 1.57 bits per heavy atom. The lowest BCUT2D eigenvalue weighted by Crippen LogP contribution is -2.41. The molecule has 0 aromatic rings. The summed E-state index contributed by atoms with van der Waals surface area (Å²) >= 11 is 0. The molecule has 7 heteroatoms. The molecule has 14 heavy (non-hydrogen) atoms. The number of nitrogens with one attached hydrogen (secondary N) is 1. The molecule has 0 unspecified atom stereocenters. The monoisotopic (exact) mass is 205 g/mol. The van der Waals surface area contributed by atoms with Gasteiger partial charge < -0.3 is 24.8 Å². The van der Waals surface area contributed by atoms with E-state index in [2.05, 4.69) is 5.32 Å². The molecule has 0 spiro atoms. The molecule has 2 rings (SSSR count). The third kappa shape index (κ3) is 1.34. The van der Waals surface area contributed by atoms with Crippen LogP contribution in [-0.2, 0) is 9.47 Å². The van der Waals surface area contributed by atoms with E-state index in [4.69, 9.17) is 14.6 Å². The standard InChI is InChI=1S/C7H11NO6/c9-1-2(10)4-3(11)5-6(13-4)8-7(12)14-5/h2-6,9-11H,1H2,(H,8,12)/t2-,3-,4-,5-,6+/m1/s1. The van der Waals surface area contributed by atoms with Crippen molar-refractivity contribution in [1.82, 2.24) is 5.32 Å². The maximum Gasteiger partial charge on any atom is 0.409 e. The number of hydrogen-bond donors (Lipinski definition) is 4. The van der Waals surface area contributed by atoms with Gasteiger partial charge in [-0.15, -0.1) is 0 Å². The molecule has 2 saturated heterocycles. The fourth-order valence-corrected chi connectivity index (χ4v) is 1.64. The van der Waals surface area contributed by atoms with Gasteiger partial charge in [0.05, 0.1) is 6.61 Å². The molecule has 0 aromatic heterocycles. The average molecular weight is 205 g/mol. The molecule has 0 saturated carbocycles. The zero-order valence-electron chi connectivity index (χ0n) is 7.16. The summed E-state index contributed by atoms with van der Waals surface area (Å²) < 4.78 is 9.81. The Bertz CT molecular complexity index is 246. The maximum atomic E-state index is 10.7. The lowest BCUT2D eigenvalue weighted by Gasteiger charge is -2.19. The van der Waals surface area contributed by atoms with Crippen molar-refractivity contribution in [2.24, 2.45) is 0 Å². The van der Waals surface area contributed by atoms with Crippen molar-refractivity contribution in [2.75, 3.05) is 6.61 Å². The number of carbonyl (C=O) groups is 1. The van der Waals surface area contributed by atoms with Gasteiger partial charge in [-0.2, -0.15) is 0 Å². The van der Waals surface area contributed by atoms with Crippen LogP contribution in [0.5, 0.6) is 0 Å². The molecular formula is C7H11NO6. The number of aliphatic hydroxyl groups excluding tert-OH is 3. The lowest BCUT2D eigenvalue weighted by molar-refractivity contribution is -0.0862. The minimum absolute atomic E-state index is 0.519. The number of ether oxygens (including phenoxy) is 2. The molecule has 0 aliphatic carbocycles. The van der Waals surface area contributed by atoms with Crippen LogP contribution in [0.25, 0.3) is 0 Å². The van der Waals surface area contributed by atoms with Gasteiger partial charge in [-0.1, -0.05) is 0 Å². The molecule has 0 aromatic carbocycles. The Morgan fingerprint density at radius 3 is 2.86 bits per heavy atom. The number of aliphatic hydroxyl groups is 3. The van der Waals surface area contributed by atoms with E-state index in [-0.39, 0.29) is 0 Å². The van der Waals surface area contributed by atoms with Crippen LogP contribution in [0.4, 0.5) is 4.79 Å². The number of fused-ring (bicyclic) bond motifs is 1. The Labute approximate surface area is 79.2 Å². The van der Waals surface area contributed by atoms with Crippen molar-refractivity contribution in [3.05, 3.63) is 0 Å². The van der Waals surface area contributed by atoms with Gasteiger partial charge in [0.2, 0.25) is 0 Å². The molecule has 0 radical (unpaired) electrons.